The summed E-state index contributed by atoms with van der Waals surface area (Å²) in [5, 5.41) is 4.23. The Kier molecular flexibility index (Phi) is 4.42. The lowest BCUT2D eigenvalue weighted by Gasteiger charge is -2.31. The van der Waals surface area contributed by atoms with E-state index in [0.29, 0.717) is 0 Å². The maximum Gasteiger partial charge on any atom is 0.137 e. The Morgan fingerprint density at radius 2 is 2.04 bits per heavy atom. The molecule has 1 fully saturated rings. The Balaban J connectivity index is 1.40. The number of aromatic nitrogens is 3. The first-order valence-electron chi connectivity index (χ1n) is 9.04. The first-order valence-corrected chi connectivity index (χ1v) is 9.04. The lowest BCUT2D eigenvalue weighted by molar-refractivity contribution is 0.217. The molecule has 2 aliphatic rings. The van der Waals surface area contributed by atoms with Crippen LogP contribution in [0.15, 0.2) is 36.9 Å². The van der Waals surface area contributed by atoms with Gasteiger partial charge in [-0.05, 0) is 62.1 Å². The molecule has 1 aromatic carbocycles. The molecule has 0 bridgehead atoms. The molecule has 2 unspecified atom stereocenters. The molecule has 0 amide bonds. The fourth-order valence-corrected chi connectivity index (χ4v) is 4.46. The SMILES string of the molecule is c1ccc2c(c1)CCCC2CC1CCCN1CCn1cncn1. The number of rotatable bonds is 5. The van der Waals surface area contributed by atoms with Gasteiger partial charge in [-0.2, -0.15) is 5.10 Å². The highest BCUT2D eigenvalue weighted by Gasteiger charge is 2.29. The van der Waals surface area contributed by atoms with Gasteiger partial charge >= 0.3 is 0 Å². The average Bonchev–Trinajstić information content (AvgIpc) is 3.25. The minimum Gasteiger partial charge on any atom is -0.299 e. The molecule has 0 spiro atoms. The van der Waals surface area contributed by atoms with Gasteiger partial charge in [-0.25, -0.2) is 4.98 Å². The number of likely N-dealkylation sites (tertiary alicyclic amines) is 1. The summed E-state index contributed by atoms with van der Waals surface area (Å²) in [6.45, 7) is 3.30. The molecule has 1 saturated heterocycles. The first kappa shape index (κ1) is 14.9. The van der Waals surface area contributed by atoms with Crippen LogP contribution in [0.4, 0.5) is 0 Å². The third-order valence-corrected chi connectivity index (χ3v) is 5.63. The largest absolute Gasteiger partial charge is 0.299 e. The van der Waals surface area contributed by atoms with E-state index in [4.69, 9.17) is 0 Å². The summed E-state index contributed by atoms with van der Waals surface area (Å²) in [7, 11) is 0. The zero-order valence-electron chi connectivity index (χ0n) is 13.8. The van der Waals surface area contributed by atoms with Gasteiger partial charge in [0.25, 0.3) is 0 Å². The lowest BCUT2D eigenvalue weighted by atomic mass is 9.79. The molecule has 2 aromatic rings. The van der Waals surface area contributed by atoms with Gasteiger partial charge in [-0.15, -0.1) is 0 Å². The molecular weight excluding hydrogens is 284 g/mol. The molecule has 0 radical (unpaired) electrons. The van der Waals surface area contributed by atoms with Crippen LogP contribution in [-0.2, 0) is 13.0 Å². The summed E-state index contributed by atoms with van der Waals surface area (Å²) in [4.78, 5) is 6.72. The quantitative estimate of drug-likeness (QED) is 0.850. The molecule has 4 rings (SSSR count). The van der Waals surface area contributed by atoms with Crippen molar-refractivity contribution in [1.29, 1.82) is 0 Å². The van der Waals surface area contributed by atoms with Crippen molar-refractivity contribution in [3.63, 3.8) is 0 Å². The second-order valence-corrected chi connectivity index (χ2v) is 7.01. The topological polar surface area (TPSA) is 34.0 Å². The highest BCUT2D eigenvalue weighted by atomic mass is 15.3. The molecular formula is C19H26N4. The molecule has 2 atom stereocenters. The van der Waals surface area contributed by atoms with Crippen LogP contribution in [0, 0.1) is 0 Å². The monoisotopic (exact) mass is 310 g/mol. The third kappa shape index (κ3) is 3.32. The van der Waals surface area contributed by atoms with Gasteiger partial charge < -0.3 is 0 Å². The van der Waals surface area contributed by atoms with E-state index >= 15 is 0 Å². The van der Waals surface area contributed by atoms with Gasteiger partial charge in [0.05, 0.1) is 6.54 Å². The van der Waals surface area contributed by atoms with Crippen LogP contribution < -0.4 is 0 Å². The number of benzene rings is 1. The van der Waals surface area contributed by atoms with E-state index in [1.54, 1.807) is 17.5 Å². The number of nitrogens with zero attached hydrogens (tertiary/aromatic N) is 4. The Hall–Kier alpha value is -1.68. The third-order valence-electron chi connectivity index (χ3n) is 5.63. The van der Waals surface area contributed by atoms with Crippen LogP contribution in [0.1, 0.15) is 49.1 Å². The van der Waals surface area contributed by atoms with Crippen molar-refractivity contribution in [2.24, 2.45) is 0 Å². The molecule has 1 aliphatic carbocycles. The van der Waals surface area contributed by atoms with Crippen molar-refractivity contribution in [2.45, 2.75) is 57.0 Å². The van der Waals surface area contributed by atoms with Crippen LogP contribution in [-0.4, -0.2) is 38.8 Å². The molecule has 0 saturated carbocycles. The minimum absolute atomic E-state index is 0.745. The number of aryl methyl sites for hydroxylation is 1. The van der Waals surface area contributed by atoms with E-state index in [9.17, 15) is 0 Å². The zero-order chi connectivity index (χ0) is 15.5. The number of hydrogen-bond donors (Lipinski definition) is 0. The predicted octanol–water partition coefficient (Wildman–Crippen LogP) is 3.25. The summed E-state index contributed by atoms with van der Waals surface area (Å²) >= 11 is 0. The van der Waals surface area contributed by atoms with Crippen molar-refractivity contribution >= 4 is 0 Å². The molecule has 0 N–H and O–H groups in total. The molecule has 122 valence electrons. The van der Waals surface area contributed by atoms with Gasteiger partial charge in [0.2, 0.25) is 0 Å². The fraction of sp³-hybridized carbons (Fsp3) is 0.579. The highest BCUT2D eigenvalue weighted by molar-refractivity contribution is 5.32. The molecule has 1 aromatic heterocycles. The maximum absolute atomic E-state index is 4.23. The second-order valence-electron chi connectivity index (χ2n) is 7.01. The summed E-state index contributed by atoms with van der Waals surface area (Å²) in [6.07, 6.45) is 11.5. The summed E-state index contributed by atoms with van der Waals surface area (Å²) < 4.78 is 1.95. The Labute approximate surface area is 138 Å². The Morgan fingerprint density at radius 3 is 2.96 bits per heavy atom. The van der Waals surface area contributed by atoms with E-state index in [2.05, 4.69) is 39.2 Å². The van der Waals surface area contributed by atoms with Gasteiger partial charge in [-0.1, -0.05) is 24.3 Å². The smallest absolute Gasteiger partial charge is 0.137 e. The van der Waals surface area contributed by atoms with E-state index in [0.717, 1.165) is 25.0 Å². The fourth-order valence-electron chi connectivity index (χ4n) is 4.46. The second kappa shape index (κ2) is 6.83. The lowest BCUT2D eigenvalue weighted by Crippen LogP contribution is -2.34. The zero-order valence-corrected chi connectivity index (χ0v) is 13.8. The molecule has 4 nitrogen and oxygen atoms in total. The van der Waals surface area contributed by atoms with Gasteiger partial charge in [0.15, 0.2) is 0 Å². The van der Waals surface area contributed by atoms with Crippen molar-refractivity contribution < 1.29 is 0 Å². The van der Waals surface area contributed by atoms with Crippen LogP contribution in [0.25, 0.3) is 0 Å². The summed E-state index contributed by atoms with van der Waals surface area (Å²) in [6, 6.07) is 9.86. The standard InChI is InChI=1S/C19H26N4/c1-2-9-19-16(5-1)6-3-7-17(19)13-18-8-4-10-22(18)11-12-23-15-20-14-21-23/h1-2,5,9,14-15,17-18H,3-4,6-8,10-13H2. The van der Waals surface area contributed by atoms with E-state index in [1.165, 1.54) is 45.1 Å². The Morgan fingerprint density at radius 1 is 1.09 bits per heavy atom. The minimum atomic E-state index is 0.745. The number of hydrogen-bond acceptors (Lipinski definition) is 3. The first-order chi connectivity index (χ1) is 11.4. The highest BCUT2D eigenvalue weighted by Crippen LogP contribution is 2.37. The van der Waals surface area contributed by atoms with Crippen molar-refractivity contribution in [2.75, 3.05) is 13.1 Å². The van der Waals surface area contributed by atoms with Crippen LogP contribution >= 0.6 is 0 Å². The summed E-state index contributed by atoms with van der Waals surface area (Å²) in [5.74, 6) is 0.761. The van der Waals surface area contributed by atoms with Crippen LogP contribution in [0.3, 0.4) is 0 Å². The molecule has 2 heterocycles. The molecule has 1 aliphatic heterocycles. The maximum atomic E-state index is 4.23. The van der Waals surface area contributed by atoms with Gasteiger partial charge in [-0.3, -0.25) is 9.58 Å². The normalized spacial score (nSPS) is 24.7. The molecule has 4 heteroatoms. The molecule has 23 heavy (non-hydrogen) atoms. The van der Waals surface area contributed by atoms with E-state index in [-0.39, 0.29) is 0 Å². The Bertz CT molecular complexity index is 622. The van der Waals surface area contributed by atoms with Crippen molar-refractivity contribution in [3.05, 3.63) is 48.0 Å². The predicted molar refractivity (Wildman–Crippen MR) is 91.4 cm³/mol. The van der Waals surface area contributed by atoms with Crippen LogP contribution in [0.2, 0.25) is 0 Å². The van der Waals surface area contributed by atoms with E-state index < -0.39 is 0 Å². The number of fused-ring (bicyclic) bond motifs is 1. The van der Waals surface area contributed by atoms with Crippen LogP contribution in [0.5, 0.6) is 0 Å². The van der Waals surface area contributed by atoms with Gasteiger partial charge in [0, 0.05) is 12.6 Å². The van der Waals surface area contributed by atoms with Crippen molar-refractivity contribution in [3.8, 4) is 0 Å². The van der Waals surface area contributed by atoms with Gasteiger partial charge in [0.1, 0.15) is 12.7 Å². The average molecular weight is 310 g/mol. The van der Waals surface area contributed by atoms with E-state index in [1.807, 2.05) is 11.0 Å². The summed E-state index contributed by atoms with van der Waals surface area (Å²) in [5.41, 5.74) is 3.22. The van der Waals surface area contributed by atoms with Crippen molar-refractivity contribution in [1.82, 2.24) is 19.7 Å².